The Bertz CT molecular complexity index is 73.7. The number of aliphatic hydroxyl groups is 2. The molecule has 1 atom stereocenters. The van der Waals surface area contributed by atoms with Crippen molar-refractivity contribution in [3.63, 3.8) is 0 Å². The predicted molar refractivity (Wildman–Crippen MR) is 26.5 cm³/mol. The summed E-state index contributed by atoms with van der Waals surface area (Å²) in [5.41, 5.74) is 0. The molecular weight excluding hydrogens is 140 g/mol. The van der Waals surface area contributed by atoms with E-state index in [-0.39, 0.29) is 37.7 Å². The summed E-state index contributed by atoms with van der Waals surface area (Å²) in [6.07, 6.45) is -1.63. The molecule has 0 rings (SSSR count). The van der Waals surface area contributed by atoms with Gasteiger partial charge < -0.3 is 15.3 Å². The van der Waals surface area contributed by atoms with Gasteiger partial charge in [0, 0.05) is 37.7 Å². The molecule has 0 bridgehead atoms. The van der Waals surface area contributed by atoms with Crippen molar-refractivity contribution in [2.24, 2.45) is 0 Å². The Morgan fingerprint density at radius 2 is 2.00 bits per heavy atom. The number of carbonyl (C=O) groups is 1. The van der Waals surface area contributed by atoms with Gasteiger partial charge in [-0.1, -0.05) is 0 Å². The van der Waals surface area contributed by atoms with Crippen LogP contribution in [-0.4, -0.2) is 71.7 Å². The van der Waals surface area contributed by atoms with Crippen LogP contribution < -0.4 is 0 Å². The van der Waals surface area contributed by atoms with Gasteiger partial charge in [-0.05, 0) is 0 Å². The van der Waals surface area contributed by atoms with E-state index in [0.717, 1.165) is 0 Å². The van der Waals surface area contributed by atoms with Crippen LogP contribution in [0.5, 0.6) is 0 Å². The average molecular weight is 146 g/mol. The Morgan fingerprint density at radius 1 is 1.62 bits per heavy atom. The van der Waals surface area contributed by atoms with Crippen molar-refractivity contribution in [3.05, 3.63) is 0 Å². The first-order valence-electron chi connectivity index (χ1n) is 1.70. The van der Waals surface area contributed by atoms with E-state index in [0.29, 0.717) is 0 Å². The van der Waals surface area contributed by atoms with Gasteiger partial charge in [0.25, 0.3) is 0 Å². The molecule has 1 unspecified atom stereocenters. The van der Waals surface area contributed by atoms with Gasteiger partial charge in [-0.25, -0.2) is 4.79 Å². The molecule has 0 heterocycles. The number of carboxylic acid groups (broad SMARTS) is 1. The Hall–Kier alpha value is 0.650. The van der Waals surface area contributed by atoms with Crippen LogP contribution in [-0.2, 0) is 4.79 Å². The Kier molecular flexibility index (Phi) is 8.27. The monoisotopic (exact) mass is 146 g/mol. The molecule has 0 aliphatic rings. The van der Waals surface area contributed by atoms with Crippen molar-refractivity contribution in [1.29, 1.82) is 0 Å². The molecule has 4 nitrogen and oxygen atoms in total. The van der Waals surface area contributed by atoms with Crippen molar-refractivity contribution < 1.29 is 20.1 Å². The first kappa shape index (κ1) is 11.4. The van der Waals surface area contributed by atoms with Gasteiger partial charge in [0.15, 0.2) is 6.10 Å². The molecule has 0 aliphatic carbocycles. The molecule has 44 valence electrons. The summed E-state index contributed by atoms with van der Waals surface area (Å²) in [5.74, 6) is -1.40. The van der Waals surface area contributed by atoms with Crippen molar-refractivity contribution in [3.8, 4) is 0 Å². The molecule has 0 aromatic heterocycles. The van der Waals surface area contributed by atoms with Gasteiger partial charge in [0.2, 0.25) is 0 Å². The number of aliphatic hydroxyl groups excluding tert-OH is 2. The normalized spacial score (nSPS) is 11.8. The van der Waals surface area contributed by atoms with Gasteiger partial charge in [0.1, 0.15) is 0 Å². The van der Waals surface area contributed by atoms with Crippen LogP contribution >= 0.6 is 0 Å². The standard InChI is InChI=1S/C3H6O4.Ca/c4-1-2(5)3(6)7;/h2,4-5H,1H2,(H,6,7);. The summed E-state index contributed by atoms with van der Waals surface area (Å²) in [7, 11) is 0. The number of hydrogen-bond acceptors (Lipinski definition) is 3. The van der Waals surface area contributed by atoms with E-state index in [9.17, 15) is 4.79 Å². The molecule has 0 aromatic carbocycles. The maximum atomic E-state index is 9.52. The number of hydrogen-bond donors (Lipinski definition) is 3. The quantitative estimate of drug-likeness (QED) is 0.395. The zero-order valence-electron chi connectivity index (χ0n) is 4.24. The molecule has 2 radical (unpaired) electrons. The van der Waals surface area contributed by atoms with Crippen LogP contribution in [0.2, 0.25) is 0 Å². The van der Waals surface area contributed by atoms with Gasteiger partial charge in [0.05, 0.1) is 6.61 Å². The number of aliphatic carboxylic acids is 1. The maximum absolute atomic E-state index is 9.52. The van der Waals surface area contributed by atoms with Crippen molar-refractivity contribution in [2.45, 2.75) is 6.10 Å². The van der Waals surface area contributed by atoms with Gasteiger partial charge in [-0.2, -0.15) is 0 Å². The Balaban J connectivity index is 0. The van der Waals surface area contributed by atoms with E-state index >= 15 is 0 Å². The summed E-state index contributed by atoms with van der Waals surface area (Å²) in [5, 5.41) is 23.7. The van der Waals surface area contributed by atoms with Gasteiger partial charge in [-0.3, -0.25) is 0 Å². The maximum Gasteiger partial charge on any atom is 0.334 e. The smallest absolute Gasteiger partial charge is 0.334 e. The van der Waals surface area contributed by atoms with Crippen LogP contribution in [0.15, 0.2) is 0 Å². The third kappa shape index (κ3) is 4.80. The Labute approximate surface area is 76.1 Å². The molecule has 0 saturated carbocycles. The Morgan fingerprint density at radius 3 is 2.00 bits per heavy atom. The molecule has 8 heavy (non-hydrogen) atoms. The SMILES string of the molecule is O=C(O)C(O)CO.[Ca]. The van der Waals surface area contributed by atoms with Crippen LogP contribution in [0, 0.1) is 0 Å². The third-order valence-corrected chi connectivity index (χ3v) is 0.458. The second kappa shape index (κ2) is 5.78. The average Bonchev–Trinajstić information content (AvgIpc) is 1.65. The first-order chi connectivity index (χ1) is 3.18. The minimum Gasteiger partial charge on any atom is -0.479 e. The molecule has 0 aliphatic heterocycles. The van der Waals surface area contributed by atoms with Crippen LogP contribution in [0.4, 0.5) is 0 Å². The van der Waals surface area contributed by atoms with Gasteiger partial charge in [-0.15, -0.1) is 0 Å². The fraction of sp³-hybridized carbons (Fsp3) is 0.667. The van der Waals surface area contributed by atoms with E-state index in [1.807, 2.05) is 0 Å². The zero-order valence-corrected chi connectivity index (χ0v) is 6.45. The van der Waals surface area contributed by atoms with Crippen LogP contribution in [0.3, 0.4) is 0 Å². The summed E-state index contributed by atoms with van der Waals surface area (Å²) < 4.78 is 0. The predicted octanol–water partition coefficient (Wildman–Crippen LogP) is -1.96. The van der Waals surface area contributed by atoms with Crippen molar-refractivity contribution in [2.75, 3.05) is 6.61 Å². The van der Waals surface area contributed by atoms with E-state index < -0.39 is 18.7 Å². The number of rotatable bonds is 2. The summed E-state index contributed by atoms with van der Waals surface area (Å²) in [6, 6.07) is 0. The largest absolute Gasteiger partial charge is 0.479 e. The van der Waals surface area contributed by atoms with E-state index in [1.54, 1.807) is 0 Å². The summed E-state index contributed by atoms with van der Waals surface area (Å²) in [6.45, 7) is -0.727. The van der Waals surface area contributed by atoms with E-state index in [2.05, 4.69) is 0 Å². The molecule has 0 saturated heterocycles. The molecule has 5 heteroatoms. The fourth-order valence-electron chi connectivity index (χ4n) is 0.0781. The fourth-order valence-corrected chi connectivity index (χ4v) is 0.0781. The number of carboxylic acids is 1. The van der Waals surface area contributed by atoms with E-state index in [1.165, 1.54) is 0 Å². The molecule has 0 amide bonds. The summed E-state index contributed by atoms with van der Waals surface area (Å²) in [4.78, 5) is 9.52. The molecule has 3 N–H and O–H groups in total. The third-order valence-electron chi connectivity index (χ3n) is 0.458. The second-order valence-corrected chi connectivity index (χ2v) is 1.04. The summed E-state index contributed by atoms with van der Waals surface area (Å²) >= 11 is 0. The topological polar surface area (TPSA) is 77.8 Å². The van der Waals surface area contributed by atoms with Crippen molar-refractivity contribution in [1.82, 2.24) is 0 Å². The van der Waals surface area contributed by atoms with Crippen LogP contribution in [0.25, 0.3) is 0 Å². The molecule has 0 aromatic rings. The van der Waals surface area contributed by atoms with Crippen molar-refractivity contribution >= 4 is 43.7 Å². The van der Waals surface area contributed by atoms with Crippen LogP contribution in [0.1, 0.15) is 0 Å². The van der Waals surface area contributed by atoms with Gasteiger partial charge >= 0.3 is 5.97 Å². The molecule has 0 spiro atoms. The minimum absolute atomic E-state index is 0. The second-order valence-electron chi connectivity index (χ2n) is 1.04. The molecular formula is C3H6CaO4. The zero-order chi connectivity index (χ0) is 5.86. The first-order valence-corrected chi connectivity index (χ1v) is 1.70. The molecule has 0 fully saturated rings. The minimum atomic E-state index is -1.63. The van der Waals surface area contributed by atoms with E-state index in [4.69, 9.17) is 15.3 Å².